The number of nitrogens with zero attached hydrogens (tertiary/aromatic N) is 2. The minimum absolute atomic E-state index is 0.0597. The van der Waals surface area contributed by atoms with Crippen LogP contribution in [0.15, 0.2) is 6.20 Å². The Balaban J connectivity index is 3.13. The largest absolute Gasteiger partial charge is 0.325 e. The molecule has 72 valence electrons. The molecule has 0 aromatic carbocycles. The van der Waals surface area contributed by atoms with Crippen LogP contribution in [0.25, 0.3) is 0 Å². The third-order valence-corrected chi connectivity index (χ3v) is 1.92. The highest BCUT2D eigenvalue weighted by molar-refractivity contribution is 5.19. The molecule has 1 aromatic heterocycles. The first-order chi connectivity index (χ1) is 5.95. The van der Waals surface area contributed by atoms with Crippen molar-refractivity contribution in [1.82, 2.24) is 9.97 Å². The summed E-state index contributed by atoms with van der Waals surface area (Å²) in [6.07, 6.45) is 1.76. The van der Waals surface area contributed by atoms with Gasteiger partial charge in [0, 0.05) is 12.0 Å². The van der Waals surface area contributed by atoms with Crippen molar-refractivity contribution >= 4 is 0 Å². The van der Waals surface area contributed by atoms with E-state index in [1.807, 2.05) is 6.92 Å². The van der Waals surface area contributed by atoms with Gasteiger partial charge in [-0.3, -0.25) is 9.97 Å². The van der Waals surface area contributed by atoms with Crippen LogP contribution in [0.3, 0.4) is 0 Å². The summed E-state index contributed by atoms with van der Waals surface area (Å²) in [6.45, 7) is 8.83. The van der Waals surface area contributed by atoms with Gasteiger partial charge in [0.2, 0.25) is 0 Å². The molecule has 2 N–H and O–H groups in total. The van der Waals surface area contributed by atoms with Crippen molar-refractivity contribution in [1.29, 1.82) is 0 Å². The molecule has 1 rings (SSSR count). The van der Waals surface area contributed by atoms with E-state index < -0.39 is 0 Å². The van der Waals surface area contributed by atoms with Crippen LogP contribution in [-0.4, -0.2) is 9.97 Å². The average molecular weight is 179 g/mol. The quantitative estimate of drug-likeness (QED) is 0.711. The predicted octanol–water partition coefficient (Wildman–Crippen LogP) is 1.54. The van der Waals surface area contributed by atoms with Gasteiger partial charge in [-0.25, -0.2) is 0 Å². The Morgan fingerprint density at radius 1 is 1.38 bits per heavy atom. The lowest BCUT2D eigenvalue weighted by Crippen LogP contribution is -2.17. The molecule has 0 radical (unpaired) electrons. The summed E-state index contributed by atoms with van der Waals surface area (Å²) in [5.74, 6) is 0. The van der Waals surface area contributed by atoms with E-state index >= 15 is 0 Å². The lowest BCUT2D eigenvalue weighted by Gasteiger charge is -2.19. The lowest BCUT2D eigenvalue weighted by atomic mass is 9.90. The van der Waals surface area contributed by atoms with Crippen molar-refractivity contribution < 1.29 is 0 Å². The van der Waals surface area contributed by atoms with Crippen LogP contribution in [0.1, 0.15) is 37.9 Å². The molecule has 0 bridgehead atoms. The molecule has 0 saturated carbocycles. The Bertz CT molecular complexity index is 300. The third-order valence-electron chi connectivity index (χ3n) is 1.92. The molecule has 0 spiro atoms. The standard InChI is InChI=1S/C10H17N3/c1-7-9(10(2,3)4)12-6-8(5-11)13-7/h6H,5,11H2,1-4H3. The van der Waals surface area contributed by atoms with Gasteiger partial charge in [0.1, 0.15) is 0 Å². The summed E-state index contributed by atoms with van der Waals surface area (Å²) in [5.41, 5.74) is 8.42. The molecule has 3 nitrogen and oxygen atoms in total. The first-order valence-electron chi connectivity index (χ1n) is 4.48. The second kappa shape index (κ2) is 3.42. The number of nitrogens with two attached hydrogens (primary N) is 1. The monoisotopic (exact) mass is 179 g/mol. The van der Waals surface area contributed by atoms with Crippen molar-refractivity contribution in [2.24, 2.45) is 5.73 Å². The van der Waals surface area contributed by atoms with Gasteiger partial charge in [0.05, 0.1) is 23.3 Å². The Kier molecular flexibility index (Phi) is 2.66. The van der Waals surface area contributed by atoms with E-state index in [-0.39, 0.29) is 5.41 Å². The van der Waals surface area contributed by atoms with Crippen LogP contribution < -0.4 is 5.73 Å². The maximum Gasteiger partial charge on any atom is 0.0725 e. The molecule has 0 saturated heterocycles. The first kappa shape index (κ1) is 10.1. The normalized spacial score (nSPS) is 11.8. The van der Waals surface area contributed by atoms with Crippen LogP contribution in [0.4, 0.5) is 0 Å². The Hall–Kier alpha value is -0.960. The number of aromatic nitrogens is 2. The summed E-state index contributed by atoms with van der Waals surface area (Å²) in [7, 11) is 0. The van der Waals surface area contributed by atoms with Gasteiger partial charge in [0.25, 0.3) is 0 Å². The van der Waals surface area contributed by atoms with Gasteiger partial charge in [-0.2, -0.15) is 0 Å². The van der Waals surface area contributed by atoms with E-state index in [9.17, 15) is 0 Å². The second-order valence-corrected chi connectivity index (χ2v) is 4.25. The summed E-state index contributed by atoms with van der Waals surface area (Å²) < 4.78 is 0. The van der Waals surface area contributed by atoms with E-state index in [0.29, 0.717) is 6.54 Å². The zero-order valence-corrected chi connectivity index (χ0v) is 8.76. The lowest BCUT2D eigenvalue weighted by molar-refractivity contribution is 0.557. The highest BCUT2D eigenvalue weighted by Crippen LogP contribution is 2.21. The molecule has 0 aliphatic carbocycles. The first-order valence-corrected chi connectivity index (χ1v) is 4.48. The number of hydrogen-bond acceptors (Lipinski definition) is 3. The Labute approximate surface area is 79.4 Å². The molecule has 3 heteroatoms. The SMILES string of the molecule is Cc1nc(CN)cnc1C(C)(C)C. The van der Waals surface area contributed by atoms with Gasteiger partial charge in [-0.15, -0.1) is 0 Å². The molecular formula is C10H17N3. The third kappa shape index (κ3) is 2.25. The molecule has 1 aromatic rings. The topological polar surface area (TPSA) is 51.8 Å². The molecule has 0 atom stereocenters. The van der Waals surface area contributed by atoms with Gasteiger partial charge in [0.15, 0.2) is 0 Å². The molecule has 0 unspecified atom stereocenters. The van der Waals surface area contributed by atoms with E-state index in [2.05, 4.69) is 30.7 Å². The fraction of sp³-hybridized carbons (Fsp3) is 0.600. The zero-order chi connectivity index (χ0) is 10.1. The molecular weight excluding hydrogens is 162 g/mol. The van der Waals surface area contributed by atoms with Gasteiger partial charge >= 0.3 is 0 Å². The fourth-order valence-corrected chi connectivity index (χ4v) is 1.36. The summed E-state index contributed by atoms with van der Waals surface area (Å²) >= 11 is 0. The van der Waals surface area contributed by atoms with Crippen molar-refractivity contribution in [3.63, 3.8) is 0 Å². The molecule has 0 amide bonds. The molecule has 1 heterocycles. The predicted molar refractivity (Wildman–Crippen MR) is 53.4 cm³/mol. The zero-order valence-electron chi connectivity index (χ0n) is 8.76. The number of hydrogen-bond donors (Lipinski definition) is 1. The molecule has 0 aliphatic rings. The van der Waals surface area contributed by atoms with Gasteiger partial charge in [-0.05, 0) is 6.92 Å². The fourth-order valence-electron chi connectivity index (χ4n) is 1.36. The second-order valence-electron chi connectivity index (χ2n) is 4.25. The van der Waals surface area contributed by atoms with E-state index in [1.165, 1.54) is 0 Å². The summed E-state index contributed by atoms with van der Waals surface area (Å²) in [5, 5.41) is 0. The molecule has 13 heavy (non-hydrogen) atoms. The van der Waals surface area contributed by atoms with Crippen molar-refractivity contribution in [3.05, 3.63) is 23.3 Å². The van der Waals surface area contributed by atoms with E-state index in [4.69, 9.17) is 5.73 Å². The Morgan fingerprint density at radius 3 is 2.38 bits per heavy atom. The van der Waals surface area contributed by atoms with Crippen LogP contribution in [0.5, 0.6) is 0 Å². The smallest absolute Gasteiger partial charge is 0.0725 e. The van der Waals surface area contributed by atoms with Crippen molar-refractivity contribution in [3.8, 4) is 0 Å². The van der Waals surface area contributed by atoms with Crippen molar-refractivity contribution in [2.75, 3.05) is 0 Å². The Morgan fingerprint density at radius 2 is 2.00 bits per heavy atom. The number of aryl methyl sites for hydroxylation is 1. The summed E-state index contributed by atoms with van der Waals surface area (Å²) in [4.78, 5) is 8.75. The summed E-state index contributed by atoms with van der Waals surface area (Å²) in [6, 6.07) is 0. The van der Waals surface area contributed by atoms with Crippen LogP contribution in [-0.2, 0) is 12.0 Å². The van der Waals surface area contributed by atoms with E-state index in [1.54, 1.807) is 6.20 Å². The van der Waals surface area contributed by atoms with Gasteiger partial charge in [-0.1, -0.05) is 20.8 Å². The van der Waals surface area contributed by atoms with Crippen LogP contribution in [0.2, 0.25) is 0 Å². The minimum Gasteiger partial charge on any atom is -0.325 e. The van der Waals surface area contributed by atoms with Crippen LogP contribution >= 0.6 is 0 Å². The van der Waals surface area contributed by atoms with Crippen molar-refractivity contribution in [2.45, 2.75) is 39.7 Å². The maximum atomic E-state index is 5.48. The number of rotatable bonds is 1. The molecule has 0 aliphatic heterocycles. The highest BCUT2D eigenvalue weighted by atomic mass is 14.8. The maximum absolute atomic E-state index is 5.48. The van der Waals surface area contributed by atoms with Crippen LogP contribution in [0, 0.1) is 6.92 Å². The highest BCUT2D eigenvalue weighted by Gasteiger charge is 2.18. The molecule has 0 fully saturated rings. The van der Waals surface area contributed by atoms with E-state index in [0.717, 1.165) is 17.1 Å². The van der Waals surface area contributed by atoms with Gasteiger partial charge < -0.3 is 5.73 Å². The minimum atomic E-state index is 0.0597. The average Bonchev–Trinajstić information content (AvgIpc) is 2.01.